The van der Waals surface area contributed by atoms with Crippen molar-refractivity contribution in [1.29, 1.82) is 0 Å². The Kier molecular flexibility index (Phi) is 5.32. The van der Waals surface area contributed by atoms with E-state index in [0.29, 0.717) is 5.92 Å². The van der Waals surface area contributed by atoms with Gasteiger partial charge in [0.1, 0.15) is 0 Å². The molecule has 1 nitrogen and oxygen atoms in total. The van der Waals surface area contributed by atoms with Crippen LogP contribution in [0.3, 0.4) is 0 Å². The van der Waals surface area contributed by atoms with Crippen molar-refractivity contribution in [3.63, 3.8) is 0 Å². The van der Waals surface area contributed by atoms with E-state index in [1.807, 2.05) is 6.07 Å². The van der Waals surface area contributed by atoms with Gasteiger partial charge in [-0.15, -0.1) is 0 Å². The second-order valence-electron chi connectivity index (χ2n) is 5.59. The topological polar surface area (TPSA) is 12.4 Å². The maximum absolute atomic E-state index is 4.93. The fourth-order valence-electron chi connectivity index (χ4n) is 2.62. The van der Waals surface area contributed by atoms with Gasteiger partial charge < -0.3 is 0 Å². The number of nitrogens with zero attached hydrogens (tertiary/aromatic N) is 1. The second kappa shape index (κ2) is 7.21. The predicted molar refractivity (Wildman–Crippen MR) is 92.6 cm³/mol. The van der Waals surface area contributed by atoms with Gasteiger partial charge in [-0.2, -0.15) is 0 Å². The van der Waals surface area contributed by atoms with Gasteiger partial charge in [-0.05, 0) is 39.2 Å². The number of hydrogen-bond donors (Lipinski definition) is 0. The van der Waals surface area contributed by atoms with Crippen molar-refractivity contribution in [3.05, 3.63) is 71.0 Å². The first kappa shape index (κ1) is 15.5. The Morgan fingerprint density at radius 3 is 2.48 bits per heavy atom. The number of allylic oxidation sites excluding steroid dienone is 6. The molecule has 0 aliphatic heterocycles. The van der Waals surface area contributed by atoms with Crippen LogP contribution in [0, 0.1) is 5.92 Å². The van der Waals surface area contributed by atoms with E-state index in [1.165, 1.54) is 16.7 Å². The molecule has 0 fully saturated rings. The largest absolute Gasteiger partial charge is 0.253 e. The zero-order valence-electron chi connectivity index (χ0n) is 13.6. The number of rotatable bonds is 5. The zero-order valence-corrected chi connectivity index (χ0v) is 13.6. The first-order valence-corrected chi connectivity index (χ1v) is 7.80. The van der Waals surface area contributed by atoms with E-state index >= 15 is 0 Å². The van der Waals surface area contributed by atoms with Crippen LogP contribution < -0.4 is 0 Å². The van der Waals surface area contributed by atoms with E-state index < -0.39 is 0 Å². The van der Waals surface area contributed by atoms with Gasteiger partial charge >= 0.3 is 0 Å². The highest BCUT2D eigenvalue weighted by molar-refractivity contribution is 6.13. The summed E-state index contributed by atoms with van der Waals surface area (Å²) in [5.41, 5.74) is 6.18. The summed E-state index contributed by atoms with van der Waals surface area (Å²) < 4.78 is 0. The van der Waals surface area contributed by atoms with Crippen LogP contribution in [0.5, 0.6) is 0 Å². The van der Waals surface area contributed by atoms with Gasteiger partial charge in [0, 0.05) is 17.2 Å². The molecular weight excluding hydrogens is 254 g/mol. The third-order valence-electron chi connectivity index (χ3n) is 4.09. The molecule has 1 aliphatic carbocycles. The fourth-order valence-corrected chi connectivity index (χ4v) is 2.62. The molecule has 2 rings (SSSR count). The van der Waals surface area contributed by atoms with Crippen molar-refractivity contribution >= 4 is 5.71 Å². The lowest BCUT2D eigenvalue weighted by atomic mass is 9.85. The molecule has 0 heterocycles. The molecule has 0 spiro atoms. The molecule has 1 aliphatic rings. The van der Waals surface area contributed by atoms with E-state index in [-0.39, 0.29) is 0 Å². The molecule has 1 aromatic rings. The van der Waals surface area contributed by atoms with E-state index in [1.54, 1.807) is 0 Å². The van der Waals surface area contributed by atoms with E-state index in [9.17, 15) is 0 Å². The third-order valence-corrected chi connectivity index (χ3v) is 4.09. The van der Waals surface area contributed by atoms with Crippen molar-refractivity contribution in [2.24, 2.45) is 10.9 Å². The highest BCUT2D eigenvalue weighted by Crippen LogP contribution is 2.29. The van der Waals surface area contributed by atoms with Gasteiger partial charge in [0.25, 0.3) is 0 Å². The van der Waals surface area contributed by atoms with Crippen LogP contribution in [0.1, 0.15) is 46.1 Å². The molecule has 1 aromatic carbocycles. The summed E-state index contributed by atoms with van der Waals surface area (Å²) in [6, 6.07) is 10.5. The van der Waals surface area contributed by atoms with Crippen molar-refractivity contribution in [2.75, 3.05) is 0 Å². The molecule has 0 unspecified atom stereocenters. The molecule has 0 amide bonds. The number of benzene rings is 1. The van der Waals surface area contributed by atoms with Crippen LogP contribution in [0.4, 0.5) is 0 Å². The molecule has 0 saturated heterocycles. The standard InChI is InChI=1S/C20H25N/c1-5-17(6-2)20(18-10-8-7-9-11-18)21-16(4)14-19-13-12-15(19)3/h5,7-12,14,19H,6,13H2,1-4H3/b16-14+,17-5-,21-20-/t19-/m0/s1. The van der Waals surface area contributed by atoms with Crippen LogP contribution in [-0.4, -0.2) is 5.71 Å². The Morgan fingerprint density at radius 2 is 2.00 bits per heavy atom. The Balaban J connectivity index is 2.35. The molecule has 0 N–H and O–H groups in total. The maximum Gasteiger partial charge on any atom is 0.0733 e. The van der Waals surface area contributed by atoms with Gasteiger partial charge in [-0.25, -0.2) is 0 Å². The summed E-state index contributed by atoms with van der Waals surface area (Å²) >= 11 is 0. The van der Waals surface area contributed by atoms with Gasteiger partial charge in [-0.1, -0.05) is 61.1 Å². The third kappa shape index (κ3) is 3.81. The van der Waals surface area contributed by atoms with Crippen LogP contribution in [0.2, 0.25) is 0 Å². The van der Waals surface area contributed by atoms with Gasteiger partial charge in [0.2, 0.25) is 0 Å². The highest BCUT2D eigenvalue weighted by atomic mass is 14.8. The molecule has 0 radical (unpaired) electrons. The Hall–Kier alpha value is -1.89. The molecule has 110 valence electrons. The molecule has 21 heavy (non-hydrogen) atoms. The Labute approximate surface area is 128 Å². The second-order valence-corrected chi connectivity index (χ2v) is 5.59. The molecule has 1 heteroatoms. The highest BCUT2D eigenvalue weighted by Gasteiger charge is 2.15. The van der Waals surface area contributed by atoms with Crippen LogP contribution in [0.15, 0.2) is 70.4 Å². The smallest absolute Gasteiger partial charge is 0.0733 e. The van der Waals surface area contributed by atoms with Crippen LogP contribution in [-0.2, 0) is 0 Å². The lowest BCUT2D eigenvalue weighted by Gasteiger charge is -2.21. The zero-order chi connectivity index (χ0) is 15.2. The van der Waals surface area contributed by atoms with Gasteiger partial charge in [0.05, 0.1) is 5.71 Å². The summed E-state index contributed by atoms with van der Waals surface area (Å²) in [5, 5.41) is 0. The van der Waals surface area contributed by atoms with Crippen molar-refractivity contribution in [2.45, 2.75) is 40.5 Å². The van der Waals surface area contributed by atoms with E-state index in [2.05, 4.69) is 70.2 Å². The monoisotopic (exact) mass is 279 g/mol. The van der Waals surface area contributed by atoms with E-state index in [4.69, 9.17) is 4.99 Å². The quantitative estimate of drug-likeness (QED) is 0.484. The first-order chi connectivity index (χ1) is 10.2. The van der Waals surface area contributed by atoms with Crippen LogP contribution >= 0.6 is 0 Å². The summed E-state index contributed by atoms with van der Waals surface area (Å²) in [6.07, 6.45) is 8.91. The minimum Gasteiger partial charge on any atom is -0.253 e. The maximum atomic E-state index is 4.93. The molecule has 0 aromatic heterocycles. The average Bonchev–Trinajstić information content (AvgIpc) is 2.52. The minimum absolute atomic E-state index is 0.585. The summed E-state index contributed by atoms with van der Waals surface area (Å²) in [4.78, 5) is 4.93. The lowest BCUT2D eigenvalue weighted by Crippen LogP contribution is -2.08. The average molecular weight is 279 g/mol. The Bertz CT molecular complexity index is 600. The van der Waals surface area contributed by atoms with E-state index in [0.717, 1.165) is 24.3 Å². The molecule has 0 saturated carbocycles. The van der Waals surface area contributed by atoms with Crippen molar-refractivity contribution in [1.82, 2.24) is 0 Å². The SMILES string of the molecule is C\C=C(CC)/C(=N/C(C)=C/[C@@H]1CC=C1C)c1ccccc1. The number of aliphatic imine (C=N–C) groups is 1. The van der Waals surface area contributed by atoms with Crippen molar-refractivity contribution in [3.8, 4) is 0 Å². The molecule has 1 atom stereocenters. The number of hydrogen-bond acceptors (Lipinski definition) is 1. The van der Waals surface area contributed by atoms with Gasteiger partial charge in [-0.3, -0.25) is 4.99 Å². The van der Waals surface area contributed by atoms with Crippen molar-refractivity contribution < 1.29 is 0 Å². The summed E-state index contributed by atoms with van der Waals surface area (Å²) in [6.45, 7) is 8.58. The summed E-state index contributed by atoms with van der Waals surface area (Å²) in [7, 11) is 0. The predicted octanol–water partition coefficient (Wildman–Crippen LogP) is 5.70. The van der Waals surface area contributed by atoms with Crippen LogP contribution in [0.25, 0.3) is 0 Å². The molecule has 0 bridgehead atoms. The molecular formula is C20H25N. The summed E-state index contributed by atoms with van der Waals surface area (Å²) in [5.74, 6) is 0.585. The fraction of sp³-hybridized carbons (Fsp3) is 0.350. The Morgan fingerprint density at radius 1 is 1.29 bits per heavy atom. The normalized spacial score (nSPS) is 20.1. The van der Waals surface area contributed by atoms with Gasteiger partial charge in [0.15, 0.2) is 0 Å². The lowest BCUT2D eigenvalue weighted by molar-refractivity contribution is 0.687. The first-order valence-electron chi connectivity index (χ1n) is 7.80. The minimum atomic E-state index is 0.585.